The van der Waals surface area contributed by atoms with Crippen LogP contribution >= 0.6 is 11.8 Å². The number of carbonyl (C=O) groups is 3. The van der Waals surface area contributed by atoms with E-state index >= 15 is 0 Å². The van der Waals surface area contributed by atoms with Crippen molar-refractivity contribution in [1.29, 1.82) is 0 Å². The molecule has 0 bridgehead atoms. The molecule has 1 aliphatic rings. The van der Waals surface area contributed by atoms with Gasteiger partial charge in [0.15, 0.2) is 0 Å². The Morgan fingerprint density at radius 1 is 1.50 bits per heavy atom. The van der Waals surface area contributed by atoms with Gasteiger partial charge in [-0.2, -0.15) is 0 Å². The second kappa shape index (κ2) is 7.49. The fraction of sp³-hybridized carbons (Fsp3) is 0.750. The molecule has 3 atom stereocenters. The predicted molar refractivity (Wildman–Crippen MR) is 74.0 cm³/mol. The van der Waals surface area contributed by atoms with Gasteiger partial charge in [-0.3, -0.25) is 9.59 Å². The number of carbonyl (C=O) groups excluding carboxylic acids is 2. The maximum Gasteiger partial charge on any atom is 0.329 e. The lowest BCUT2D eigenvalue weighted by molar-refractivity contribution is -0.153. The standard InChI is InChI=1S/C12H20N2O5S/c1-3-19-12(18)9-6-20-7(2)14(9)10(15)5-4-8(13)11(16)17/h7-9H,3-6,13H2,1-2H3,(H,16,17)/t7?,8-,9-/m0/s1/i6+1. The van der Waals surface area contributed by atoms with E-state index in [0.717, 1.165) is 0 Å². The molecule has 1 amide bonds. The lowest BCUT2D eigenvalue weighted by Gasteiger charge is -2.26. The third kappa shape index (κ3) is 4.11. The molecule has 1 unspecified atom stereocenters. The van der Waals surface area contributed by atoms with Gasteiger partial charge in [0.25, 0.3) is 0 Å². The Balaban J connectivity index is 2.63. The van der Waals surface area contributed by atoms with Crippen LogP contribution in [0.1, 0.15) is 26.7 Å². The Labute approximate surface area is 121 Å². The molecule has 0 radical (unpaired) electrons. The van der Waals surface area contributed by atoms with E-state index in [1.807, 2.05) is 6.92 Å². The van der Waals surface area contributed by atoms with Crippen LogP contribution in [0.3, 0.4) is 0 Å². The first-order valence-electron chi connectivity index (χ1n) is 6.46. The molecular formula is C12H20N2O5S. The van der Waals surface area contributed by atoms with Gasteiger partial charge in [0.05, 0.1) is 12.0 Å². The second-order valence-corrected chi connectivity index (χ2v) is 5.83. The minimum absolute atomic E-state index is 0.00821. The molecule has 3 N–H and O–H groups in total. The van der Waals surface area contributed by atoms with Gasteiger partial charge in [0.1, 0.15) is 12.1 Å². The summed E-state index contributed by atoms with van der Waals surface area (Å²) in [7, 11) is 0. The molecule has 0 aliphatic carbocycles. The van der Waals surface area contributed by atoms with E-state index in [-0.39, 0.29) is 30.7 Å². The fourth-order valence-electron chi connectivity index (χ4n) is 1.97. The first-order chi connectivity index (χ1) is 9.38. The summed E-state index contributed by atoms with van der Waals surface area (Å²) in [6.45, 7) is 3.81. The molecule has 7 nitrogen and oxygen atoms in total. The Kier molecular flexibility index (Phi) is 6.28. The van der Waals surface area contributed by atoms with Crippen LogP contribution in [0, 0.1) is 0 Å². The third-order valence-electron chi connectivity index (χ3n) is 3.06. The van der Waals surface area contributed by atoms with Crippen molar-refractivity contribution in [3.63, 3.8) is 0 Å². The van der Waals surface area contributed by atoms with Crippen LogP contribution in [0.4, 0.5) is 0 Å². The van der Waals surface area contributed by atoms with Crippen LogP contribution in [0.5, 0.6) is 0 Å². The van der Waals surface area contributed by atoms with E-state index in [2.05, 4.69) is 0 Å². The lowest BCUT2D eigenvalue weighted by Crippen LogP contribution is -2.46. The summed E-state index contributed by atoms with van der Waals surface area (Å²) < 4.78 is 4.95. The molecule has 0 saturated carbocycles. The average molecular weight is 305 g/mol. The van der Waals surface area contributed by atoms with Crippen LogP contribution in [-0.4, -0.2) is 57.7 Å². The molecule has 1 heterocycles. The predicted octanol–water partition coefficient (Wildman–Crippen LogP) is 0.0316. The number of nitrogens with zero attached hydrogens (tertiary/aromatic N) is 1. The summed E-state index contributed by atoms with van der Waals surface area (Å²) in [6.07, 6.45) is 0.0614. The van der Waals surface area contributed by atoms with Crippen molar-refractivity contribution in [2.24, 2.45) is 5.73 Å². The monoisotopic (exact) mass is 305 g/mol. The van der Waals surface area contributed by atoms with Crippen molar-refractivity contribution in [2.45, 2.75) is 44.1 Å². The summed E-state index contributed by atoms with van der Waals surface area (Å²) in [4.78, 5) is 36.1. The molecule has 0 aromatic rings. The molecule has 20 heavy (non-hydrogen) atoms. The van der Waals surface area contributed by atoms with Crippen LogP contribution in [0.2, 0.25) is 0 Å². The Bertz CT molecular complexity index is 390. The topological polar surface area (TPSA) is 110 Å². The molecule has 8 heteroatoms. The van der Waals surface area contributed by atoms with E-state index in [1.165, 1.54) is 16.7 Å². The van der Waals surface area contributed by atoms with Crippen molar-refractivity contribution < 1.29 is 24.2 Å². The summed E-state index contributed by atoms with van der Waals surface area (Å²) in [5, 5.41) is 8.57. The summed E-state index contributed by atoms with van der Waals surface area (Å²) in [5.74, 6) is -1.32. The highest BCUT2D eigenvalue weighted by molar-refractivity contribution is 8.00. The Morgan fingerprint density at radius 2 is 2.15 bits per heavy atom. The van der Waals surface area contributed by atoms with Gasteiger partial charge in [-0.25, -0.2) is 4.79 Å². The molecule has 1 saturated heterocycles. The summed E-state index contributed by atoms with van der Waals surface area (Å²) in [6, 6.07) is -1.66. The number of ether oxygens (including phenoxy) is 1. The summed E-state index contributed by atoms with van der Waals surface area (Å²) >= 11 is 1.49. The number of thioether (sulfide) groups is 1. The number of aliphatic carboxylic acids is 1. The van der Waals surface area contributed by atoms with Crippen molar-refractivity contribution >= 4 is 29.6 Å². The average Bonchev–Trinajstić information content (AvgIpc) is 2.77. The number of nitrogens with two attached hydrogens (primary N) is 1. The quantitative estimate of drug-likeness (QED) is 0.526. The minimum atomic E-state index is -1.14. The maximum absolute atomic E-state index is 12.2. The van der Waals surface area contributed by atoms with Crippen molar-refractivity contribution in [3.05, 3.63) is 0 Å². The van der Waals surface area contributed by atoms with Crippen LogP contribution < -0.4 is 5.73 Å². The summed E-state index contributed by atoms with van der Waals surface area (Å²) in [5.41, 5.74) is 5.37. The van der Waals surface area contributed by atoms with E-state index in [0.29, 0.717) is 5.75 Å². The normalized spacial score (nSPS) is 23.4. The number of esters is 1. The highest BCUT2D eigenvalue weighted by Gasteiger charge is 2.40. The third-order valence-corrected chi connectivity index (χ3v) is 4.27. The van der Waals surface area contributed by atoms with Crippen molar-refractivity contribution in [2.75, 3.05) is 12.4 Å². The van der Waals surface area contributed by atoms with Gasteiger partial charge >= 0.3 is 11.9 Å². The number of amides is 1. The van der Waals surface area contributed by atoms with Gasteiger partial charge in [-0.05, 0) is 20.3 Å². The lowest BCUT2D eigenvalue weighted by atomic mass is 10.1. The zero-order valence-electron chi connectivity index (χ0n) is 11.6. The number of carboxylic acids is 1. The highest BCUT2D eigenvalue weighted by atomic mass is 32.2. The minimum Gasteiger partial charge on any atom is -0.480 e. The number of carboxylic acid groups (broad SMARTS) is 1. The van der Waals surface area contributed by atoms with Gasteiger partial charge in [0.2, 0.25) is 5.91 Å². The Hall–Kier alpha value is -1.28. The zero-order chi connectivity index (χ0) is 15.3. The molecule has 1 aliphatic heterocycles. The van der Waals surface area contributed by atoms with E-state index < -0.39 is 24.0 Å². The van der Waals surface area contributed by atoms with Gasteiger partial charge < -0.3 is 20.5 Å². The molecule has 0 aromatic carbocycles. The van der Waals surface area contributed by atoms with Crippen molar-refractivity contribution in [1.82, 2.24) is 4.90 Å². The number of rotatable bonds is 6. The number of hydrogen-bond donors (Lipinski definition) is 2. The smallest absolute Gasteiger partial charge is 0.329 e. The van der Waals surface area contributed by atoms with Gasteiger partial charge in [-0.1, -0.05) is 0 Å². The molecule has 1 rings (SSSR count). The molecule has 0 spiro atoms. The van der Waals surface area contributed by atoms with Gasteiger partial charge in [-0.15, -0.1) is 11.8 Å². The fourth-order valence-corrected chi connectivity index (χ4v) is 3.16. The van der Waals surface area contributed by atoms with Crippen LogP contribution in [0.15, 0.2) is 0 Å². The second-order valence-electron chi connectivity index (χ2n) is 4.48. The highest BCUT2D eigenvalue weighted by Crippen LogP contribution is 2.30. The first kappa shape index (κ1) is 16.8. The molecule has 114 valence electrons. The largest absolute Gasteiger partial charge is 0.480 e. The van der Waals surface area contributed by atoms with E-state index in [4.69, 9.17) is 15.6 Å². The Morgan fingerprint density at radius 3 is 2.70 bits per heavy atom. The molecular weight excluding hydrogens is 285 g/mol. The van der Waals surface area contributed by atoms with Crippen LogP contribution in [-0.2, 0) is 19.1 Å². The van der Waals surface area contributed by atoms with E-state index in [1.54, 1.807) is 6.92 Å². The van der Waals surface area contributed by atoms with Crippen molar-refractivity contribution in [3.8, 4) is 0 Å². The SMILES string of the molecule is CCOC(=O)[C@@H]1[13CH2]SC(C)N1C(=O)CC[C@H](N)C(=O)O. The van der Waals surface area contributed by atoms with Gasteiger partial charge in [0, 0.05) is 12.2 Å². The zero-order valence-corrected chi connectivity index (χ0v) is 12.4. The molecule has 1 fully saturated rings. The molecule has 0 aromatic heterocycles. The van der Waals surface area contributed by atoms with E-state index in [9.17, 15) is 14.4 Å². The number of hydrogen-bond acceptors (Lipinski definition) is 6. The maximum atomic E-state index is 12.2. The van der Waals surface area contributed by atoms with Crippen LogP contribution in [0.25, 0.3) is 0 Å². The first-order valence-corrected chi connectivity index (χ1v) is 7.51.